The highest BCUT2D eigenvalue weighted by Crippen LogP contribution is 2.39. The first-order chi connectivity index (χ1) is 10.7. The molecule has 1 aromatic heterocycles. The Morgan fingerprint density at radius 3 is 2.95 bits per heavy atom. The minimum Gasteiger partial charge on any atom is -0.493 e. The number of hydrogen-bond donors (Lipinski definition) is 1. The van der Waals surface area contributed by atoms with Crippen LogP contribution in [0.2, 0.25) is 0 Å². The lowest BCUT2D eigenvalue weighted by atomic mass is 10.1. The zero-order valence-corrected chi connectivity index (χ0v) is 12.9. The third-order valence-corrected chi connectivity index (χ3v) is 3.86. The van der Waals surface area contributed by atoms with Crippen LogP contribution in [0.5, 0.6) is 11.5 Å². The SMILES string of the molecule is COc1cccc(-c2cc(N)no2)c1OC1CCCN(C)C1. The zero-order chi connectivity index (χ0) is 15.5. The zero-order valence-electron chi connectivity index (χ0n) is 12.9. The Labute approximate surface area is 129 Å². The van der Waals surface area contributed by atoms with Crippen LogP contribution >= 0.6 is 0 Å². The Balaban J connectivity index is 1.93. The maximum atomic E-state index is 6.25. The number of nitrogen functional groups attached to an aromatic ring is 1. The fourth-order valence-electron chi connectivity index (χ4n) is 2.79. The molecule has 1 atom stereocenters. The first-order valence-corrected chi connectivity index (χ1v) is 7.42. The van der Waals surface area contributed by atoms with Crippen LogP contribution in [0.3, 0.4) is 0 Å². The van der Waals surface area contributed by atoms with E-state index >= 15 is 0 Å². The first-order valence-electron chi connectivity index (χ1n) is 7.42. The molecule has 1 fully saturated rings. The normalized spacial score (nSPS) is 19.1. The molecule has 1 aromatic carbocycles. The molecule has 2 N–H and O–H groups in total. The third-order valence-electron chi connectivity index (χ3n) is 3.86. The van der Waals surface area contributed by atoms with Gasteiger partial charge in [-0.2, -0.15) is 0 Å². The quantitative estimate of drug-likeness (QED) is 0.935. The predicted molar refractivity (Wildman–Crippen MR) is 84.1 cm³/mol. The van der Waals surface area contributed by atoms with Gasteiger partial charge in [0.05, 0.1) is 12.7 Å². The second kappa shape index (κ2) is 6.27. The number of aromatic nitrogens is 1. The summed E-state index contributed by atoms with van der Waals surface area (Å²) >= 11 is 0. The summed E-state index contributed by atoms with van der Waals surface area (Å²) in [6.45, 7) is 2.01. The second-order valence-corrected chi connectivity index (χ2v) is 5.60. The van der Waals surface area contributed by atoms with E-state index < -0.39 is 0 Å². The average molecular weight is 303 g/mol. The van der Waals surface area contributed by atoms with E-state index in [1.165, 1.54) is 0 Å². The number of methoxy groups -OCH3 is 1. The highest BCUT2D eigenvalue weighted by molar-refractivity contribution is 5.71. The molecular formula is C16H21N3O3. The van der Waals surface area contributed by atoms with Gasteiger partial charge in [0, 0.05) is 12.6 Å². The van der Waals surface area contributed by atoms with Crippen molar-refractivity contribution in [2.24, 2.45) is 0 Å². The van der Waals surface area contributed by atoms with Crippen LogP contribution in [0.25, 0.3) is 11.3 Å². The van der Waals surface area contributed by atoms with E-state index in [1.54, 1.807) is 13.2 Å². The van der Waals surface area contributed by atoms with Crippen LogP contribution in [0.1, 0.15) is 12.8 Å². The Kier molecular flexibility index (Phi) is 4.20. The summed E-state index contributed by atoms with van der Waals surface area (Å²) in [6.07, 6.45) is 2.29. The van der Waals surface area contributed by atoms with Gasteiger partial charge in [0.1, 0.15) is 6.10 Å². The molecule has 2 heterocycles. The van der Waals surface area contributed by atoms with E-state index in [4.69, 9.17) is 19.7 Å². The standard InChI is InChI=1S/C16H21N3O3/c1-19-8-4-5-11(10-19)21-16-12(6-3-7-13(16)20-2)14-9-15(17)18-22-14/h3,6-7,9,11H,4-5,8,10H2,1-2H3,(H2,17,18). The number of nitrogens with two attached hydrogens (primary N) is 1. The van der Waals surface area contributed by atoms with E-state index in [0.717, 1.165) is 31.5 Å². The largest absolute Gasteiger partial charge is 0.493 e. The fourth-order valence-corrected chi connectivity index (χ4v) is 2.79. The molecule has 1 aliphatic rings. The average Bonchev–Trinajstić information content (AvgIpc) is 2.94. The molecule has 118 valence electrons. The molecule has 3 rings (SSSR count). The molecule has 22 heavy (non-hydrogen) atoms. The topological polar surface area (TPSA) is 73.8 Å². The molecule has 6 nitrogen and oxygen atoms in total. The third kappa shape index (κ3) is 3.01. The molecule has 0 aliphatic carbocycles. The number of para-hydroxylation sites is 1. The number of likely N-dealkylation sites (tertiary alicyclic amines) is 1. The molecule has 0 amide bonds. The molecule has 1 aliphatic heterocycles. The minimum absolute atomic E-state index is 0.133. The fraction of sp³-hybridized carbons (Fsp3) is 0.438. The van der Waals surface area contributed by atoms with E-state index in [9.17, 15) is 0 Å². The number of benzene rings is 1. The highest BCUT2D eigenvalue weighted by Gasteiger charge is 2.23. The van der Waals surface area contributed by atoms with Crippen molar-refractivity contribution in [2.45, 2.75) is 18.9 Å². The lowest BCUT2D eigenvalue weighted by Gasteiger charge is -2.30. The maximum Gasteiger partial charge on any atom is 0.172 e. The highest BCUT2D eigenvalue weighted by atomic mass is 16.5. The van der Waals surface area contributed by atoms with Gasteiger partial charge >= 0.3 is 0 Å². The molecular weight excluding hydrogens is 282 g/mol. The monoisotopic (exact) mass is 303 g/mol. The molecule has 0 bridgehead atoms. The minimum atomic E-state index is 0.133. The Bertz CT molecular complexity index is 641. The lowest BCUT2D eigenvalue weighted by molar-refractivity contribution is 0.102. The van der Waals surface area contributed by atoms with Crippen LogP contribution in [0.4, 0.5) is 5.82 Å². The predicted octanol–water partition coefficient (Wildman–Crippen LogP) is 2.41. The number of rotatable bonds is 4. The van der Waals surface area contributed by atoms with Crippen molar-refractivity contribution in [3.05, 3.63) is 24.3 Å². The van der Waals surface area contributed by atoms with Crippen LogP contribution in [-0.4, -0.2) is 43.4 Å². The second-order valence-electron chi connectivity index (χ2n) is 5.60. The molecule has 2 aromatic rings. The summed E-state index contributed by atoms with van der Waals surface area (Å²) < 4.78 is 17.0. The van der Waals surface area contributed by atoms with Gasteiger partial charge in [-0.15, -0.1) is 0 Å². The number of ether oxygens (including phenoxy) is 2. The Hall–Kier alpha value is -2.21. The Morgan fingerprint density at radius 2 is 2.27 bits per heavy atom. The van der Waals surface area contributed by atoms with Gasteiger partial charge in [-0.05, 0) is 38.6 Å². The molecule has 6 heteroatoms. The van der Waals surface area contributed by atoms with Gasteiger partial charge in [-0.1, -0.05) is 11.2 Å². The molecule has 1 saturated heterocycles. The number of hydrogen-bond acceptors (Lipinski definition) is 6. The summed E-state index contributed by atoms with van der Waals surface area (Å²) in [4.78, 5) is 2.27. The smallest absolute Gasteiger partial charge is 0.172 e. The summed E-state index contributed by atoms with van der Waals surface area (Å²) in [5, 5.41) is 3.75. The van der Waals surface area contributed by atoms with Crippen molar-refractivity contribution >= 4 is 5.82 Å². The van der Waals surface area contributed by atoms with Crippen LogP contribution < -0.4 is 15.2 Å². The maximum absolute atomic E-state index is 6.25. The van der Waals surface area contributed by atoms with Crippen molar-refractivity contribution in [1.29, 1.82) is 0 Å². The molecule has 0 spiro atoms. The van der Waals surface area contributed by atoms with E-state index in [0.29, 0.717) is 23.1 Å². The van der Waals surface area contributed by atoms with Gasteiger partial charge in [-0.3, -0.25) is 0 Å². The Morgan fingerprint density at radius 1 is 1.41 bits per heavy atom. The van der Waals surface area contributed by atoms with Crippen LogP contribution in [-0.2, 0) is 0 Å². The first kappa shape index (κ1) is 14.7. The van der Waals surface area contributed by atoms with Gasteiger partial charge < -0.3 is 24.6 Å². The van der Waals surface area contributed by atoms with Gasteiger partial charge in [0.2, 0.25) is 0 Å². The molecule has 0 saturated carbocycles. The molecule has 0 radical (unpaired) electrons. The van der Waals surface area contributed by atoms with Gasteiger partial charge in [-0.25, -0.2) is 0 Å². The van der Waals surface area contributed by atoms with Crippen molar-refractivity contribution in [3.63, 3.8) is 0 Å². The number of likely N-dealkylation sites (N-methyl/N-ethyl adjacent to an activating group) is 1. The number of piperidine rings is 1. The van der Waals surface area contributed by atoms with Crippen molar-refractivity contribution in [2.75, 3.05) is 33.0 Å². The van der Waals surface area contributed by atoms with Crippen molar-refractivity contribution < 1.29 is 14.0 Å². The van der Waals surface area contributed by atoms with Crippen LogP contribution in [0, 0.1) is 0 Å². The number of anilines is 1. The lowest BCUT2D eigenvalue weighted by Crippen LogP contribution is -2.38. The van der Waals surface area contributed by atoms with Gasteiger partial charge in [0.15, 0.2) is 23.1 Å². The van der Waals surface area contributed by atoms with Crippen molar-refractivity contribution in [1.82, 2.24) is 10.1 Å². The van der Waals surface area contributed by atoms with Gasteiger partial charge in [0.25, 0.3) is 0 Å². The van der Waals surface area contributed by atoms with Crippen LogP contribution in [0.15, 0.2) is 28.8 Å². The molecule has 1 unspecified atom stereocenters. The van der Waals surface area contributed by atoms with E-state index in [2.05, 4.69) is 17.1 Å². The summed E-state index contributed by atoms with van der Waals surface area (Å²) in [7, 11) is 3.74. The summed E-state index contributed by atoms with van der Waals surface area (Å²) in [5.74, 6) is 2.29. The summed E-state index contributed by atoms with van der Waals surface area (Å²) in [6, 6.07) is 7.39. The summed E-state index contributed by atoms with van der Waals surface area (Å²) in [5.41, 5.74) is 6.46. The van der Waals surface area contributed by atoms with E-state index in [-0.39, 0.29) is 6.10 Å². The van der Waals surface area contributed by atoms with E-state index in [1.807, 2.05) is 18.2 Å². The number of nitrogens with zero attached hydrogens (tertiary/aromatic N) is 2. The van der Waals surface area contributed by atoms with Crippen molar-refractivity contribution in [3.8, 4) is 22.8 Å².